The lowest BCUT2D eigenvalue weighted by Crippen LogP contribution is -2.41. The molecular weight excluding hydrogens is 332 g/mol. The van der Waals surface area contributed by atoms with Crippen LogP contribution in [-0.4, -0.2) is 47.2 Å². The molecule has 0 bridgehead atoms. The Kier molecular flexibility index (Phi) is 6.22. The molecule has 1 unspecified atom stereocenters. The quantitative estimate of drug-likeness (QED) is 0.819. The zero-order chi connectivity index (χ0) is 18.4. The summed E-state index contributed by atoms with van der Waals surface area (Å²) < 4.78 is 10.6. The summed E-state index contributed by atoms with van der Waals surface area (Å²) in [6, 6.07) is 8.05. The summed E-state index contributed by atoms with van der Waals surface area (Å²) in [7, 11) is 1.64. The first kappa shape index (κ1) is 18.4. The number of rotatable bonds is 7. The van der Waals surface area contributed by atoms with E-state index in [9.17, 15) is 4.79 Å². The van der Waals surface area contributed by atoms with Gasteiger partial charge in [0.2, 0.25) is 17.6 Å². The molecule has 26 heavy (non-hydrogen) atoms. The van der Waals surface area contributed by atoms with E-state index in [1.54, 1.807) is 14.0 Å². The molecule has 1 aliphatic rings. The van der Waals surface area contributed by atoms with Crippen LogP contribution in [0.2, 0.25) is 0 Å². The lowest BCUT2D eigenvalue weighted by molar-refractivity contribution is -0.119. The first-order valence-corrected chi connectivity index (χ1v) is 9.11. The Bertz CT molecular complexity index is 714. The zero-order valence-electron chi connectivity index (χ0n) is 15.4. The Morgan fingerprint density at radius 1 is 1.35 bits per heavy atom. The number of hydrogen-bond acceptors (Lipinski definition) is 6. The summed E-state index contributed by atoms with van der Waals surface area (Å²) in [5, 5.41) is 6.99. The molecule has 7 heteroatoms. The van der Waals surface area contributed by atoms with Crippen LogP contribution in [0.4, 0.5) is 0 Å². The molecular formula is C19H26N4O3. The number of methoxy groups -OCH3 is 1. The maximum atomic E-state index is 11.1. The van der Waals surface area contributed by atoms with Crippen LogP contribution in [-0.2, 0) is 11.3 Å². The molecule has 3 rings (SSSR count). The summed E-state index contributed by atoms with van der Waals surface area (Å²) in [5.41, 5.74) is 0.904. The van der Waals surface area contributed by atoms with Crippen molar-refractivity contribution in [2.75, 3.05) is 20.2 Å². The molecule has 1 amide bonds. The Morgan fingerprint density at radius 2 is 2.15 bits per heavy atom. The molecule has 1 aliphatic heterocycles. The predicted octanol–water partition coefficient (Wildman–Crippen LogP) is 2.63. The van der Waals surface area contributed by atoms with Crippen LogP contribution >= 0.6 is 0 Å². The molecule has 0 aliphatic carbocycles. The van der Waals surface area contributed by atoms with Gasteiger partial charge in [0.05, 0.1) is 13.7 Å². The number of nitrogens with zero attached hydrogens (tertiary/aromatic N) is 3. The van der Waals surface area contributed by atoms with Crippen molar-refractivity contribution in [3.05, 3.63) is 30.2 Å². The number of carbonyl (C=O) groups is 1. The monoisotopic (exact) mass is 358 g/mol. The average molecular weight is 358 g/mol. The number of ether oxygens (including phenoxy) is 1. The van der Waals surface area contributed by atoms with Crippen LogP contribution in [0.5, 0.6) is 5.75 Å². The Morgan fingerprint density at radius 3 is 2.88 bits per heavy atom. The van der Waals surface area contributed by atoms with E-state index in [4.69, 9.17) is 9.26 Å². The largest absolute Gasteiger partial charge is 0.497 e. The third-order valence-electron chi connectivity index (χ3n) is 4.76. The highest BCUT2D eigenvalue weighted by molar-refractivity contribution is 5.72. The zero-order valence-corrected chi connectivity index (χ0v) is 15.4. The maximum Gasteiger partial charge on any atom is 0.241 e. The van der Waals surface area contributed by atoms with Gasteiger partial charge in [0.25, 0.3) is 0 Å². The minimum atomic E-state index is 0.0217. The van der Waals surface area contributed by atoms with Crippen molar-refractivity contribution in [2.45, 2.75) is 45.2 Å². The van der Waals surface area contributed by atoms with E-state index in [2.05, 4.69) is 20.4 Å². The van der Waals surface area contributed by atoms with Crippen LogP contribution in [0.25, 0.3) is 11.4 Å². The minimum Gasteiger partial charge on any atom is -0.497 e. The summed E-state index contributed by atoms with van der Waals surface area (Å²) in [6.45, 7) is 3.92. The normalized spacial score (nSPS) is 17.8. The third-order valence-corrected chi connectivity index (χ3v) is 4.76. The highest BCUT2D eigenvalue weighted by Gasteiger charge is 2.24. The second-order valence-corrected chi connectivity index (χ2v) is 6.63. The van der Waals surface area contributed by atoms with Gasteiger partial charge in [-0.25, -0.2) is 0 Å². The van der Waals surface area contributed by atoms with Gasteiger partial charge < -0.3 is 14.6 Å². The second-order valence-electron chi connectivity index (χ2n) is 6.63. The van der Waals surface area contributed by atoms with Gasteiger partial charge in [-0.3, -0.25) is 9.69 Å². The van der Waals surface area contributed by atoms with E-state index >= 15 is 0 Å². The molecule has 0 saturated carbocycles. The van der Waals surface area contributed by atoms with Gasteiger partial charge in [-0.05, 0) is 50.1 Å². The molecule has 140 valence electrons. The first-order chi connectivity index (χ1) is 12.7. The van der Waals surface area contributed by atoms with Gasteiger partial charge in [-0.1, -0.05) is 11.6 Å². The van der Waals surface area contributed by atoms with Crippen LogP contribution in [0, 0.1) is 0 Å². The molecule has 7 nitrogen and oxygen atoms in total. The highest BCUT2D eigenvalue weighted by atomic mass is 16.5. The molecule has 2 heterocycles. The van der Waals surface area contributed by atoms with E-state index < -0.39 is 0 Å². The number of piperidine rings is 1. The standard InChI is InChI=1S/C19H26N4O3/c1-14(24)20-11-10-16-5-3-4-12-23(16)13-18-21-19(22-26-18)15-6-8-17(25-2)9-7-15/h6-9,16H,3-5,10-13H2,1-2H3,(H,20,24). The maximum absolute atomic E-state index is 11.1. The fourth-order valence-corrected chi connectivity index (χ4v) is 3.36. The number of amides is 1. The van der Waals surface area contributed by atoms with Gasteiger partial charge in [0.1, 0.15) is 5.75 Å². The SMILES string of the molecule is COc1ccc(-c2noc(CN3CCCCC3CCNC(C)=O)n2)cc1. The van der Waals surface area contributed by atoms with E-state index in [1.807, 2.05) is 24.3 Å². The van der Waals surface area contributed by atoms with Crippen molar-refractivity contribution in [3.8, 4) is 17.1 Å². The van der Waals surface area contributed by atoms with E-state index in [0.717, 1.165) is 30.7 Å². The predicted molar refractivity (Wildman–Crippen MR) is 97.6 cm³/mol. The smallest absolute Gasteiger partial charge is 0.241 e. The molecule has 0 spiro atoms. The highest BCUT2D eigenvalue weighted by Crippen LogP contribution is 2.23. The van der Waals surface area contributed by atoms with Crippen LogP contribution in [0.15, 0.2) is 28.8 Å². The number of aromatic nitrogens is 2. The van der Waals surface area contributed by atoms with Gasteiger partial charge in [-0.15, -0.1) is 0 Å². The number of hydrogen-bond donors (Lipinski definition) is 1. The summed E-state index contributed by atoms with van der Waals surface area (Å²) >= 11 is 0. The van der Waals surface area contributed by atoms with Crippen molar-refractivity contribution in [2.24, 2.45) is 0 Å². The van der Waals surface area contributed by atoms with E-state index in [-0.39, 0.29) is 5.91 Å². The fraction of sp³-hybridized carbons (Fsp3) is 0.526. The van der Waals surface area contributed by atoms with Gasteiger partial charge >= 0.3 is 0 Å². The number of carbonyl (C=O) groups excluding carboxylic acids is 1. The van der Waals surface area contributed by atoms with Crippen molar-refractivity contribution in [3.63, 3.8) is 0 Å². The Labute approximate surface area is 153 Å². The van der Waals surface area contributed by atoms with E-state index in [0.29, 0.717) is 30.8 Å². The molecule has 1 aromatic heterocycles. The Balaban J connectivity index is 1.61. The summed E-state index contributed by atoms with van der Waals surface area (Å²) in [4.78, 5) is 18.0. The van der Waals surface area contributed by atoms with Crippen LogP contribution in [0.3, 0.4) is 0 Å². The molecule has 1 fully saturated rings. The van der Waals surface area contributed by atoms with Crippen LogP contribution in [0.1, 0.15) is 38.5 Å². The fourth-order valence-electron chi connectivity index (χ4n) is 3.36. The summed E-state index contributed by atoms with van der Waals surface area (Å²) in [5.74, 6) is 2.04. The Hall–Kier alpha value is -2.41. The molecule has 1 N–H and O–H groups in total. The van der Waals surface area contributed by atoms with Crippen molar-refractivity contribution >= 4 is 5.91 Å². The average Bonchev–Trinajstić information content (AvgIpc) is 3.11. The first-order valence-electron chi connectivity index (χ1n) is 9.11. The second kappa shape index (κ2) is 8.80. The topological polar surface area (TPSA) is 80.5 Å². The van der Waals surface area contributed by atoms with Crippen LogP contribution < -0.4 is 10.1 Å². The number of benzene rings is 1. The third kappa shape index (κ3) is 4.82. The molecule has 1 saturated heterocycles. The van der Waals surface area contributed by atoms with E-state index in [1.165, 1.54) is 12.8 Å². The van der Waals surface area contributed by atoms with Gasteiger partial charge in [0.15, 0.2) is 0 Å². The lowest BCUT2D eigenvalue weighted by atomic mass is 9.99. The molecule has 1 aromatic carbocycles. The number of likely N-dealkylation sites (tertiary alicyclic amines) is 1. The minimum absolute atomic E-state index is 0.0217. The molecule has 0 radical (unpaired) electrons. The van der Waals surface area contributed by atoms with Crippen molar-refractivity contribution < 1.29 is 14.1 Å². The van der Waals surface area contributed by atoms with Gasteiger partial charge in [0, 0.05) is 25.1 Å². The van der Waals surface area contributed by atoms with Crippen molar-refractivity contribution in [1.82, 2.24) is 20.4 Å². The van der Waals surface area contributed by atoms with Gasteiger partial charge in [-0.2, -0.15) is 4.98 Å². The summed E-state index contributed by atoms with van der Waals surface area (Å²) in [6.07, 6.45) is 4.48. The van der Waals surface area contributed by atoms with Crippen molar-refractivity contribution in [1.29, 1.82) is 0 Å². The molecule has 2 aromatic rings. The number of nitrogens with one attached hydrogen (secondary N) is 1. The molecule has 1 atom stereocenters. The lowest BCUT2D eigenvalue weighted by Gasteiger charge is -2.34.